The van der Waals surface area contributed by atoms with E-state index in [2.05, 4.69) is 42.2 Å². The Morgan fingerprint density at radius 3 is 2.93 bits per heavy atom. The molecule has 1 saturated heterocycles. The number of amides is 1. The van der Waals surface area contributed by atoms with E-state index in [-0.39, 0.29) is 11.8 Å². The fraction of sp³-hybridized carbons (Fsp3) is 0.409. The van der Waals surface area contributed by atoms with Crippen molar-refractivity contribution in [3.05, 3.63) is 59.5 Å². The quantitative estimate of drug-likeness (QED) is 0.608. The second-order valence-corrected chi connectivity index (χ2v) is 8.68. The van der Waals surface area contributed by atoms with Crippen LogP contribution in [0.2, 0.25) is 0 Å². The van der Waals surface area contributed by atoms with Crippen molar-refractivity contribution in [2.24, 2.45) is 0 Å². The summed E-state index contributed by atoms with van der Waals surface area (Å²) in [6.07, 6.45) is 4.65. The van der Waals surface area contributed by atoms with Crippen LogP contribution in [0, 0.1) is 13.8 Å². The zero-order valence-corrected chi connectivity index (χ0v) is 17.3. The molecule has 1 fully saturated rings. The molecule has 1 aromatic carbocycles. The van der Waals surface area contributed by atoms with Crippen LogP contribution in [0.25, 0.3) is 5.65 Å². The summed E-state index contributed by atoms with van der Waals surface area (Å²) in [5.41, 5.74) is 3.47. The van der Waals surface area contributed by atoms with Crippen LogP contribution in [0.4, 0.5) is 0 Å². The Kier molecular flexibility index (Phi) is 5.67. The fourth-order valence-electron chi connectivity index (χ4n) is 3.77. The Balaban J connectivity index is 1.35. The molecule has 2 aromatic heterocycles. The standard InChI is InChI=1S/C22H26N4OS/c1-16-8-9-19(14-17(16)2)28-13-10-21(27)25-11-5-6-18(15-25)22-24-23-20-7-3-4-12-26(20)22/h3-4,7-9,12,14,18H,5-6,10-11,13,15H2,1-2H3/t18-/m0/s1. The molecule has 0 spiro atoms. The molecule has 3 aromatic rings. The molecule has 1 atom stereocenters. The van der Waals surface area contributed by atoms with E-state index in [0.717, 1.165) is 43.2 Å². The fourth-order valence-corrected chi connectivity index (χ4v) is 4.71. The number of pyridine rings is 1. The van der Waals surface area contributed by atoms with Crippen LogP contribution in [0.3, 0.4) is 0 Å². The Morgan fingerprint density at radius 2 is 2.07 bits per heavy atom. The number of carbonyl (C=O) groups excluding carboxylic acids is 1. The van der Waals surface area contributed by atoms with Crippen molar-refractivity contribution in [2.45, 2.75) is 43.9 Å². The van der Waals surface area contributed by atoms with Gasteiger partial charge < -0.3 is 4.90 Å². The molecule has 0 aliphatic carbocycles. The van der Waals surface area contributed by atoms with Crippen LogP contribution in [-0.2, 0) is 4.79 Å². The number of aromatic nitrogens is 3. The van der Waals surface area contributed by atoms with Crippen molar-refractivity contribution in [3.63, 3.8) is 0 Å². The highest BCUT2D eigenvalue weighted by atomic mass is 32.2. The predicted octanol–water partition coefficient (Wildman–Crippen LogP) is 4.23. The number of nitrogens with zero attached hydrogens (tertiary/aromatic N) is 4. The van der Waals surface area contributed by atoms with Gasteiger partial charge in [0.1, 0.15) is 5.82 Å². The van der Waals surface area contributed by atoms with Crippen molar-refractivity contribution in [2.75, 3.05) is 18.8 Å². The zero-order valence-electron chi connectivity index (χ0n) is 16.5. The van der Waals surface area contributed by atoms with Gasteiger partial charge in [0.15, 0.2) is 5.65 Å². The lowest BCUT2D eigenvalue weighted by atomic mass is 9.97. The van der Waals surface area contributed by atoms with Gasteiger partial charge in [0.05, 0.1) is 0 Å². The maximum absolute atomic E-state index is 12.8. The van der Waals surface area contributed by atoms with Gasteiger partial charge in [-0.2, -0.15) is 0 Å². The van der Waals surface area contributed by atoms with Crippen LogP contribution in [0.5, 0.6) is 0 Å². The number of rotatable bonds is 5. The summed E-state index contributed by atoms with van der Waals surface area (Å²) < 4.78 is 2.05. The van der Waals surface area contributed by atoms with E-state index < -0.39 is 0 Å². The number of carbonyl (C=O) groups is 1. The second-order valence-electron chi connectivity index (χ2n) is 7.51. The molecule has 1 amide bonds. The minimum atomic E-state index is 0.245. The Hall–Kier alpha value is -2.34. The number of benzene rings is 1. The third-order valence-electron chi connectivity index (χ3n) is 5.54. The highest BCUT2D eigenvalue weighted by Crippen LogP contribution is 2.27. The minimum Gasteiger partial charge on any atom is -0.342 e. The van der Waals surface area contributed by atoms with Crippen molar-refractivity contribution >= 4 is 23.3 Å². The van der Waals surface area contributed by atoms with E-state index in [1.54, 1.807) is 11.8 Å². The zero-order chi connectivity index (χ0) is 19.5. The van der Waals surface area contributed by atoms with E-state index in [0.29, 0.717) is 6.42 Å². The molecule has 0 saturated carbocycles. The van der Waals surface area contributed by atoms with Crippen molar-refractivity contribution < 1.29 is 4.79 Å². The van der Waals surface area contributed by atoms with Crippen LogP contribution >= 0.6 is 11.8 Å². The summed E-state index contributed by atoms with van der Waals surface area (Å²) in [5, 5.41) is 8.67. The molecule has 0 N–H and O–H groups in total. The molecule has 146 valence electrons. The first kappa shape index (κ1) is 19.0. The summed E-state index contributed by atoms with van der Waals surface area (Å²) in [7, 11) is 0. The molecule has 0 unspecified atom stereocenters. The van der Waals surface area contributed by atoms with E-state index in [4.69, 9.17) is 0 Å². The lowest BCUT2D eigenvalue weighted by molar-refractivity contribution is -0.132. The molecule has 4 rings (SSSR count). The minimum absolute atomic E-state index is 0.245. The lowest BCUT2D eigenvalue weighted by Crippen LogP contribution is -2.39. The van der Waals surface area contributed by atoms with Gasteiger partial charge in [-0.3, -0.25) is 9.20 Å². The van der Waals surface area contributed by atoms with Crippen LogP contribution in [-0.4, -0.2) is 44.2 Å². The largest absolute Gasteiger partial charge is 0.342 e. The summed E-state index contributed by atoms with van der Waals surface area (Å²) in [5.74, 6) is 2.28. The van der Waals surface area contributed by atoms with Gasteiger partial charge in [-0.25, -0.2) is 0 Å². The molecule has 5 nitrogen and oxygen atoms in total. The SMILES string of the molecule is Cc1ccc(SCCC(=O)N2CCC[C@H](c3nnc4ccccn34)C2)cc1C. The van der Waals surface area contributed by atoms with E-state index >= 15 is 0 Å². The van der Waals surface area contributed by atoms with Gasteiger partial charge in [-0.1, -0.05) is 12.1 Å². The monoisotopic (exact) mass is 394 g/mol. The average molecular weight is 395 g/mol. The molecule has 3 heterocycles. The van der Waals surface area contributed by atoms with Gasteiger partial charge in [0.25, 0.3) is 0 Å². The highest BCUT2D eigenvalue weighted by Gasteiger charge is 2.27. The van der Waals surface area contributed by atoms with Crippen LogP contribution < -0.4 is 0 Å². The van der Waals surface area contributed by atoms with Crippen molar-refractivity contribution in [1.29, 1.82) is 0 Å². The average Bonchev–Trinajstić information content (AvgIpc) is 3.15. The second kappa shape index (κ2) is 8.35. The molecule has 0 bridgehead atoms. The summed E-state index contributed by atoms with van der Waals surface area (Å²) in [6.45, 7) is 5.84. The molecule has 1 aliphatic heterocycles. The summed E-state index contributed by atoms with van der Waals surface area (Å²) >= 11 is 1.76. The van der Waals surface area contributed by atoms with Crippen LogP contribution in [0.1, 0.15) is 42.1 Å². The molecule has 6 heteroatoms. The lowest BCUT2D eigenvalue weighted by Gasteiger charge is -2.32. The molecular weight excluding hydrogens is 368 g/mol. The Labute approximate surface area is 170 Å². The number of piperidine rings is 1. The van der Waals surface area contributed by atoms with Gasteiger partial charge in [0.2, 0.25) is 5.91 Å². The summed E-state index contributed by atoms with van der Waals surface area (Å²) in [6, 6.07) is 12.4. The third-order valence-corrected chi connectivity index (χ3v) is 6.54. The number of hydrogen-bond donors (Lipinski definition) is 0. The third kappa shape index (κ3) is 4.07. The maximum Gasteiger partial charge on any atom is 0.223 e. The number of thioether (sulfide) groups is 1. The predicted molar refractivity (Wildman–Crippen MR) is 113 cm³/mol. The van der Waals surface area contributed by atoms with E-state index in [1.165, 1.54) is 16.0 Å². The van der Waals surface area contributed by atoms with Gasteiger partial charge >= 0.3 is 0 Å². The molecule has 1 aliphatic rings. The smallest absolute Gasteiger partial charge is 0.223 e. The first-order chi connectivity index (χ1) is 13.6. The topological polar surface area (TPSA) is 50.5 Å². The van der Waals surface area contributed by atoms with E-state index in [9.17, 15) is 4.79 Å². The van der Waals surface area contributed by atoms with Crippen LogP contribution in [0.15, 0.2) is 47.5 Å². The Bertz CT molecular complexity index is 984. The summed E-state index contributed by atoms with van der Waals surface area (Å²) in [4.78, 5) is 16.0. The first-order valence-corrected chi connectivity index (χ1v) is 10.9. The van der Waals surface area contributed by atoms with Gasteiger partial charge in [-0.15, -0.1) is 22.0 Å². The van der Waals surface area contributed by atoms with Crippen molar-refractivity contribution in [1.82, 2.24) is 19.5 Å². The Morgan fingerprint density at radius 1 is 1.18 bits per heavy atom. The highest BCUT2D eigenvalue weighted by molar-refractivity contribution is 7.99. The molecule has 28 heavy (non-hydrogen) atoms. The first-order valence-electron chi connectivity index (χ1n) is 9.89. The molecular formula is C22H26N4OS. The van der Waals surface area contributed by atoms with Crippen molar-refractivity contribution in [3.8, 4) is 0 Å². The number of likely N-dealkylation sites (tertiary alicyclic amines) is 1. The maximum atomic E-state index is 12.8. The van der Waals surface area contributed by atoms with Gasteiger partial charge in [-0.05, 0) is 62.1 Å². The number of fused-ring (bicyclic) bond motifs is 1. The number of hydrogen-bond acceptors (Lipinski definition) is 4. The van der Waals surface area contributed by atoms with Gasteiger partial charge in [0, 0.05) is 42.3 Å². The van der Waals surface area contributed by atoms with E-state index in [1.807, 2.05) is 33.7 Å². The number of aryl methyl sites for hydroxylation is 2. The normalized spacial score (nSPS) is 17.2. The molecule has 0 radical (unpaired) electrons.